The van der Waals surface area contributed by atoms with Crippen molar-refractivity contribution in [3.8, 4) is 28.3 Å². The quantitative estimate of drug-likeness (QED) is 0.188. The molecule has 0 saturated carbocycles. The van der Waals surface area contributed by atoms with Crippen LogP contribution in [0.4, 0.5) is 0 Å². The second kappa shape index (κ2) is 12.4. The molecular weight excluding hydrogens is 661 g/mol. The van der Waals surface area contributed by atoms with Crippen molar-refractivity contribution >= 4 is 21.9 Å². The molecule has 0 saturated heterocycles. The van der Waals surface area contributed by atoms with E-state index in [1.54, 1.807) is 12.3 Å². The normalized spacial score (nSPS) is 10.9. The van der Waals surface area contributed by atoms with Gasteiger partial charge in [0, 0.05) is 43.4 Å². The summed E-state index contributed by atoms with van der Waals surface area (Å²) >= 11 is 0. The van der Waals surface area contributed by atoms with Gasteiger partial charge in [-0.25, -0.2) is 0 Å². The van der Waals surface area contributed by atoms with Crippen molar-refractivity contribution in [3.05, 3.63) is 115 Å². The van der Waals surface area contributed by atoms with Crippen molar-refractivity contribution in [1.29, 1.82) is 0 Å². The topological polar surface area (TPSA) is 59.2 Å². The van der Waals surface area contributed by atoms with E-state index in [1.807, 2.05) is 60.8 Å². The van der Waals surface area contributed by atoms with Crippen molar-refractivity contribution in [1.82, 2.24) is 9.97 Å². The van der Waals surface area contributed by atoms with Gasteiger partial charge in [-0.1, -0.05) is 80.6 Å². The zero-order valence-corrected chi connectivity index (χ0v) is 24.9. The molecule has 39 heavy (non-hydrogen) atoms. The predicted octanol–water partition coefficient (Wildman–Crippen LogP) is 9.15. The molecule has 5 heteroatoms. The molecule has 0 fully saturated rings. The smallest absolute Gasteiger partial charge is 0.124 e. The van der Waals surface area contributed by atoms with Gasteiger partial charge in [0.15, 0.2) is 0 Å². The number of phenolic OH excluding ortho intramolecular Hbond substituents is 1. The number of hydrogen-bond acceptors (Lipinski definition) is 4. The Balaban J connectivity index is 0.000000186. The zero-order chi connectivity index (χ0) is 26.6. The molecule has 3 heterocycles. The summed E-state index contributed by atoms with van der Waals surface area (Å²) in [7, 11) is 0. The molecule has 0 aliphatic heterocycles. The van der Waals surface area contributed by atoms with Crippen LogP contribution in [0.5, 0.6) is 5.75 Å². The monoisotopic (exact) mass is 692 g/mol. The molecule has 0 unspecified atom stereocenters. The van der Waals surface area contributed by atoms with E-state index >= 15 is 0 Å². The molecule has 0 bridgehead atoms. The average molecular weight is 692 g/mol. The number of aromatic nitrogens is 2. The van der Waals surface area contributed by atoms with Crippen LogP contribution in [0.15, 0.2) is 102 Å². The van der Waals surface area contributed by atoms with Crippen molar-refractivity contribution in [2.45, 2.75) is 39.5 Å². The van der Waals surface area contributed by atoms with E-state index in [4.69, 9.17) is 4.42 Å². The summed E-state index contributed by atoms with van der Waals surface area (Å²) in [4.78, 5) is 8.81. The van der Waals surface area contributed by atoms with Crippen molar-refractivity contribution in [2.75, 3.05) is 0 Å². The van der Waals surface area contributed by atoms with Crippen LogP contribution in [0, 0.1) is 6.07 Å². The molecule has 0 atom stereocenters. The summed E-state index contributed by atoms with van der Waals surface area (Å²) in [5.74, 6) is 1.21. The molecule has 1 radical (unpaired) electrons. The van der Waals surface area contributed by atoms with Crippen molar-refractivity contribution in [3.63, 3.8) is 0 Å². The minimum Gasteiger partial charge on any atom is -0.507 e. The first kappa shape index (κ1) is 28.2. The summed E-state index contributed by atoms with van der Waals surface area (Å²) in [5, 5.41) is 12.0. The predicted molar refractivity (Wildman–Crippen MR) is 155 cm³/mol. The van der Waals surface area contributed by atoms with E-state index in [9.17, 15) is 5.11 Å². The summed E-state index contributed by atoms with van der Waals surface area (Å²) in [6.07, 6.45) is 3.65. The number of pyridine rings is 2. The minimum absolute atomic E-state index is 0. The second-order valence-electron chi connectivity index (χ2n) is 9.97. The Hall–Kier alpha value is -3.79. The molecule has 0 aliphatic rings. The number of para-hydroxylation sites is 2. The molecule has 6 aromatic rings. The number of rotatable bonds is 4. The summed E-state index contributed by atoms with van der Waals surface area (Å²) in [6.45, 7) is 8.66. The first-order valence-corrected chi connectivity index (χ1v) is 12.9. The van der Waals surface area contributed by atoms with Gasteiger partial charge in [0.2, 0.25) is 0 Å². The van der Waals surface area contributed by atoms with Gasteiger partial charge < -0.3 is 14.5 Å². The Bertz CT molecular complexity index is 1700. The third-order valence-electron chi connectivity index (χ3n) is 6.68. The molecule has 6 rings (SSSR count). The summed E-state index contributed by atoms with van der Waals surface area (Å²) in [5.41, 5.74) is 7.71. The second-order valence-corrected chi connectivity index (χ2v) is 9.97. The number of nitrogens with zero attached hydrogens (tertiary/aromatic N) is 2. The molecule has 0 amide bonds. The minimum atomic E-state index is 0. The van der Waals surface area contributed by atoms with Crippen LogP contribution in [0.3, 0.4) is 0 Å². The van der Waals surface area contributed by atoms with E-state index in [1.165, 1.54) is 11.1 Å². The Kier molecular flexibility index (Phi) is 8.96. The zero-order valence-electron chi connectivity index (χ0n) is 22.5. The Morgan fingerprint density at radius 1 is 0.718 bits per heavy atom. The third kappa shape index (κ3) is 6.11. The van der Waals surface area contributed by atoms with Gasteiger partial charge in [0.1, 0.15) is 11.3 Å². The number of hydrogen-bond donors (Lipinski definition) is 1. The van der Waals surface area contributed by atoms with E-state index < -0.39 is 0 Å². The van der Waals surface area contributed by atoms with Crippen LogP contribution < -0.4 is 0 Å². The molecule has 3 aromatic carbocycles. The van der Waals surface area contributed by atoms with E-state index in [-0.39, 0.29) is 25.9 Å². The van der Waals surface area contributed by atoms with Crippen molar-refractivity contribution < 1.29 is 29.6 Å². The number of phenols is 1. The maximum Gasteiger partial charge on any atom is 0.124 e. The molecule has 4 nitrogen and oxygen atoms in total. The summed E-state index contributed by atoms with van der Waals surface area (Å²) < 4.78 is 6.07. The maximum atomic E-state index is 9.75. The number of fused-ring (bicyclic) bond motifs is 3. The van der Waals surface area contributed by atoms with E-state index in [0.717, 1.165) is 44.5 Å². The first-order chi connectivity index (χ1) is 18.4. The van der Waals surface area contributed by atoms with Gasteiger partial charge in [0.25, 0.3) is 0 Å². The largest absolute Gasteiger partial charge is 0.507 e. The molecule has 0 spiro atoms. The summed E-state index contributed by atoms with van der Waals surface area (Å²) in [6, 6.07) is 30.9. The van der Waals surface area contributed by atoms with Gasteiger partial charge in [0.05, 0.1) is 11.3 Å². The molecular formula is C34H31IrN2O2-. The van der Waals surface area contributed by atoms with Crippen LogP contribution in [0.1, 0.15) is 50.7 Å². The van der Waals surface area contributed by atoms with E-state index in [2.05, 4.69) is 68.0 Å². The fourth-order valence-corrected chi connectivity index (χ4v) is 4.47. The van der Waals surface area contributed by atoms with Gasteiger partial charge in [-0.2, -0.15) is 0 Å². The average Bonchev–Trinajstić information content (AvgIpc) is 3.33. The number of benzene rings is 3. The van der Waals surface area contributed by atoms with Crippen LogP contribution in [0.25, 0.3) is 44.5 Å². The first-order valence-electron chi connectivity index (χ1n) is 12.9. The van der Waals surface area contributed by atoms with Gasteiger partial charge in [-0.15, -0.1) is 18.2 Å². The molecule has 1 N–H and O–H groups in total. The molecule has 199 valence electrons. The van der Waals surface area contributed by atoms with Gasteiger partial charge in [-0.3, -0.25) is 4.98 Å². The standard InChI is InChI=1S/C20H16NO.C14H15NO.Ir/c1-13(2)14-10-11-21-18(12-14)17-8-5-7-16-15-6-3-4-9-19(15)22-20(16)17;1-10(2)11-7-8-15-13(9-11)12-5-3-4-6-14(12)16;/h3-7,9-13H,1-2H3;3-10,16H,1-2H3;/q-1;;. The SMILES string of the molecule is CC(C)c1ccnc(-c2[c-]ccc3c2oc2ccccc23)c1.CC(C)c1ccnc(-c2ccccc2O)c1.[Ir]. The Labute approximate surface area is 243 Å². The van der Waals surface area contributed by atoms with Crippen LogP contribution in [-0.4, -0.2) is 15.1 Å². The third-order valence-corrected chi connectivity index (χ3v) is 6.68. The fourth-order valence-electron chi connectivity index (χ4n) is 4.47. The van der Waals surface area contributed by atoms with Crippen LogP contribution in [0.2, 0.25) is 0 Å². The number of aromatic hydroxyl groups is 1. The fraction of sp³-hybridized carbons (Fsp3) is 0.176. The Morgan fingerprint density at radius 3 is 2.03 bits per heavy atom. The molecule has 3 aromatic heterocycles. The maximum absolute atomic E-state index is 9.75. The van der Waals surface area contributed by atoms with E-state index in [0.29, 0.717) is 11.8 Å². The van der Waals surface area contributed by atoms with Crippen LogP contribution in [-0.2, 0) is 20.1 Å². The molecule has 0 aliphatic carbocycles. The number of furan rings is 1. The van der Waals surface area contributed by atoms with Gasteiger partial charge >= 0.3 is 0 Å². The van der Waals surface area contributed by atoms with Crippen LogP contribution >= 0.6 is 0 Å². The van der Waals surface area contributed by atoms with Crippen molar-refractivity contribution in [2.24, 2.45) is 0 Å². The van der Waals surface area contributed by atoms with Gasteiger partial charge in [-0.05, 0) is 59.5 Å². The Morgan fingerprint density at radius 2 is 1.33 bits per heavy atom.